The number of carbonyl (C=O) groups excluding carboxylic acids is 2. The van der Waals surface area contributed by atoms with Crippen molar-refractivity contribution in [3.8, 4) is 0 Å². The van der Waals surface area contributed by atoms with Crippen molar-refractivity contribution < 1.29 is 18.0 Å². The molecule has 1 aromatic rings. The molecule has 28 heavy (non-hydrogen) atoms. The zero-order chi connectivity index (χ0) is 20.1. The van der Waals surface area contributed by atoms with Gasteiger partial charge in [0.05, 0.1) is 11.1 Å². The molecule has 1 N–H and O–H groups in total. The number of rotatable bonds is 6. The number of sulfonamides is 1. The number of nitrogens with zero attached hydrogens (tertiary/aromatic N) is 3. The Kier molecular flexibility index (Phi) is 7.08. The summed E-state index contributed by atoms with van der Waals surface area (Å²) in [5.41, 5.74) is 0. The fourth-order valence-electron chi connectivity index (χ4n) is 3.71. The van der Waals surface area contributed by atoms with Gasteiger partial charge in [-0.3, -0.25) is 14.5 Å². The van der Waals surface area contributed by atoms with E-state index in [4.69, 9.17) is 0 Å². The van der Waals surface area contributed by atoms with E-state index in [-0.39, 0.29) is 17.7 Å². The van der Waals surface area contributed by atoms with Gasteiger partial charge in [-0.05, 0) is 24.3 Å². The lowest BCUT2D eigenvalue weighted by Crippen LogP contribution is -2.52. The second-order valence-corrected chi connectivity index (χ2v) is 10.3. The first-order valence-electron chi connectivity index (χ1n) is 9.62. The van der Waals surface area contributed by atoms with Crippen LogP contribution in [-0.2, 0) is 14.8 Å². The minimum absolute atomic E-state index is 0.0377. The minimum atomic E-state index is -3.16. The van der Waals surface area contributed by atoms with Gasteiger partial charge in [0.15, 0.2) is 0 Å². The predicted molar refractivity (Wildman–Crippen MR) is 109 cm³/mol. The molecule has 156 valence electrons. The van der Waals surface area contributed by atoms with Crippen molar-refractivity contribution in [1.29, 1.82) is 0 Å². The highest BCUT2D eigenvalue weighted by molar-refractivity contribution is 7.88. The number of nitrogens with one attached hydrogen (secondary N) is 1. The fourth-order valence-corrected chi connectivity index (χ4v) is 5.22. The summed E-state index contributed by atoms with van der Waals surface area (Å²) in [6, 6.07) is 3.67. The Labute approximate surface area is 170 Å². The van der Waals surface area contributed by atoms with E-state index >= 15 is 0 Å². The van der Waals surface area contributed by atoms with Crippen molar-refractivity contribution in [2.75, 3.05) is 58.6 Å². The van der Waals surface area contributed by atoms with E-state index in [2.05, 4.69) is 10.2 Å². The van der Waals surface area contributed by atoms with Crippen molar-refractivity contribution in [2.24, 2.45) is 5.92 Å². The van der Waals surface area contributed by atoms with Gasteiger partial charge >= 0.3 is 0 Å². The first kappa shape index (κ1) is 21.2. The lowest BCUT2D eigenvalue weighted by atomic mass is 9.96. The molecule has 0 unspecified atom stereocenters. The van der Waals surface area contributed by atoms with Crippen molar-refractivity contribution in [2.45, 2.75) is 12.8 Å². The maximum Gasteiger partial charge on any atom is 0.261 e. The second kappa shape index (κ2) is 9.34. The number of amides is 2. The Morgan fingerprint density at radius 1 is 1.14 bits per heavy atom. The summed E-state index contributed by atoms with van der Waals surface area (Å²) in [6.45, 7) is 5.18. The molecule has 2 saturated heterocycles. The van der Waals surface area contributed by atoms with E-state index in [0.29, 0.717) is 45.6 Å². The molecule has 10 heteroatoms. The highest BCUT2D eigenvalue weighted by Gasteiger charge is 2.32. The third kappa shape index (κ3) is 5.53. The summed E-state index contributed by atoms with van der Waals surface area (Å²) in [4.78, 5) is 29.5. The van der Waals surface area contributed by atoms with E-state index in [1.54, 1.807) is 0 Å². The van der Waals surface area contributed by atoms with Crippen LogP contribution in [0.2, 0.25) is 0 Å². The summed E-state index contributed by atoms with van der Waals surface area (Å²) in [7, 11) is -3.16. The van der Waals surface area contributed by atoms with Gasteiger partial charge in [-0.15, -0.1) is 11.3 Å². The number of thiophene rings is 1. The molecule has 0 spiro atoms. The van der Waals surface area contributed by atoms with E-state index in [9.17, 15) is 18.0 Å². The maximum atomic E-state index is 12.7. The van der Waals surface area contributed by atoms with Crippen LogP contribution < -0.4 is 5.32 Å². The van der Waals surface area contributed by atoms with Crippen LogP contribution >= 0.6 is 11.3 Å². The summed E-state index contributed by atoms with van der Waals surface area (Å²) >= 11 is 1.43. The fraction of sp³-hybridized carbons (Fsp3) is 0.667. The lowest BCUT2D eigenvalue weighted by Gasteiger charge is -2.38. The molecule has 2 amide bonds. The van der Waals surface area contributed by atoms with E-state index in [0.717, 1.165) is 24.5 Å². The molecule has 3 rings (SSSR count). The van der Waals surface area contributed by atoms with Gasteiger partial charge in [0.1, 0.15) is 0 Å². The Morgan fingerprint density at radius 2 is 1.82 bits per heavy atom. The smallest absolute Gasteiger partial charge is 0.261 e. The van der Waals surface area contributed by atoms with Gasteiger partial charge in [-0.2, -0.15) is 0 Å². The van der Waals surface area contributed by atoms with Crippen molar-refractivity contribution >= 4 is 33.2 Å². The molecule has 3 heterocycles. The molecule has 1 aromatic heterocycles. The van der Waals surface area contributed by atoms with Crippen LogP contribution in [0.15, 0.2) is 17.5 Å². The molecule has 2 fully saturated rings. The normalized spacial score (nSPS) is 20.2. The zero-order valence-corrected chi connectivity index (χ0v) is 17.8. The Hall–Kier alpha value is -1.49. The first-order chi connectivity index (χ1) is 13.3. The van der Waals surface area contributed by atoms with Gasteiger partial charge in [-0.1, -0.05) is 6.07 Å². The molecular formula is C18H28N4O4S2. The SMILES string of the molecule is CS(=O)(=O)N1CCC(C(=O)N2CCN(CCNC(=O)c3cccs3)CC2)CC1. The molecule has 2 aliphatic rings. The quantitative estimate of drug-likeness (QED) is 0.704. The molecule has 2 aliphatic heterocycles. The van der Waals surface area contributed by atoms with E-state index < -0.39 is 10.0 Å². The van der Waals surface area contributed by atoms with Gasteiger partial charge < -0.3 is 10.2 Å². The number of carbonyl (C=O) groups is 2. The van der Waals surface area contributed by atoms with Crippen LogP contribution in [0.4, 0.5) is 0 Å². The highest BCUT2D eigenvalue weighted by Crippen LogP contribution is 2.22. The van der Waals surface area contributed by atoms with Crippen molar-refractivity contribution in [3.63, 3.8) is 0 Å². The van der Waals surface area contributed by atoms with Gasteiger partial charge in [-0.25, -0.2) is 12.7 Å². The predicted octanol–water partition coefficient (Wildman–Crippen LogP) is 0.294. The van der Waals surface area contributed by atoms with Crippen LogP contribution in [0.5, 0.6) is 0 Å². The highest BCUT2D eigenvalue weighted by atomic mass is 32.2. The molecule has 0 radical (unpaired) electrons. The van der Waals surface area contributed by atoms with Crippen LogP contribution in [0.1, 0.15) is 22.5 Å². The van der Waals surface area contributed by atoms with Crippen LogP contribution in [0.25, 0.3) is 0 Å². The lowest BCUT2D eigenvalue weighted by molar-refractivity contribution is -0.138. The number of piperidine rings is 1. The average Bonchev–Trinajstić information content (AvgIpc) is 3.22. The number of hydrogen-bond donors (Lipinski definition) is 1. The molecule has 0 atom stereocenters. The van der Waals surface area contributed by atoms with Crippen LogP contribution in [0.3, 0.4) is 0 Å². The minimum Gasteiger partial charge on any atom is -0.350 e. The van der Waals surface area contributed by atoms with Crippen molar-refractivity contribution in [1.82, 2.24) is 19.4 Å². The molecular weight excluding hydrogens is 400 g/mol. The summed E-state index contributed by atoms with van der Waals surface area (Å²) in [6.07, 6.45) is 2.42. The molecule has 0 aliphatic carbocycles. The zero-order valence-electron chi connectivity index (χ0n) is 16.2. The molecule has 0 bridgehead atoms. The van der Waals surface area contributed by atoms with Gasteiger partial charge in [0.2, 0.25) is 15.9 Å². The summed E-state index contributed by atoms with van der Waals surface area (Å²) in [5.74, 6) is 0.0395. The standard InChI is InChI=1S/C18H28N4O4S2/c1-28(25,26)22-7-4-15(5-8-22)18(24)21-12-10-20(11-13-21)9-6-19-17(23)16-3-2-14-27-16/h2-3,14-15H,4-13H2,1H3,(H,19,23). The van der Waals surface area contributed by atoms with E-state index in [1.165, 1.54) is 21.9 Å². The molecule has 8 nitrogen and oxygen atoms in total. The molecule has 0 aromatic carbocycles. The monoisotopic (exact) mass is 428 g/mol. The van der Waals surface area contributed by atoms with Gasteiger partial charge in [0, 0.05) is 58.3 Å². The number of hydrogen-bond acceptors (Lipinski definition) is 6. The third-order valence-electron chi connectivity index (χ3n) is 5.41. The number of piperazine rings is 1. The Morgan fingerprint density at radius 3 is 2.39 bits per heavy atom. The van der Waals surface area contributed by atoms with Crippen molar-refractivity contribution in [3.05, 3.63) is 22.4 Å². The summed E-state index contributed by atoms with van der Waals surface area (Å²) in [5, 5.41) is 4.81. The van der Waals surface area contributed by atoms with Crippen LogP contribution in [-0.4, -0.2) is 93.0 Å². The van der Waals surface area contributed by atoms with E-state index in [1.807, 2.05) is 22.4 Å². The largest absolute Gasteiger partial charge is 0.350 e. The second-order valence-electron chi connectivity index (χ2n) is 7.34. The Bertz CT molecular complexity index is 766. The average molecular weight is 429 g/mol. The topological polar surface area (TPSA) is 90.0 Å². The summed E-state index contributed by atoms with van der Waals surface area (Å²) < 4.78 is 24.6. The Balaban J connectivity index is 1.36. The maximum absolute atomic E-state index is 12.7. The van der Waals surface area contributed by atoms with Gasteiger partial charge in [0.25, 0.3) is 5.91 Å². The third-order valence-corrected chi connectivity index (χ3v) is 7.59. The molecule has 0 saturated carbocycles. The van der Waals surface area contributed by atoms with Crippen LogP contribution in [0, 0.1) is 5.92 Å². The first-order valence-corrected chi connectivity index (χ1v) is 12.4.